The zero-order chi connectivity index (χ0) is 29.6. The molecule has 3 aromatic rings. The predicted molar refractivity (Wildman–Crippen MR) is 161 cm³/mol. The zero-order valence-electron chi connectivity index (χ0n) is 25.2. The highest BCUT2D eigenvalue weighted by Gasteiger charge is 2.57. The van der Waals surface area contributed by atoms with Crippen molar-refractivity contribution < 1.29 is 19.1 Å². The van der Waals surface area contributed by atoms with Gasteiger partial charge in [0.2, 0.25) is 5.91 Å². The Balaban J connectivity index is 1.50. The van der Waals surface area contributed by atoms with Crippen LogP contribution in [0.15, 0.2) is 54.6 Å². The second-order valence-electron chi connectivity index (χ2n) is 11.8. The molecular weight excluding hydrogens is 516 g/mol. The Morgan fingerprint density at radius 3 is 2.29 bits per heavy atom. The first-order chi connectivity index (χ1) is 19.7. The number of ether oxygens (including phenoxy) is 2. The van der Waals surface area contributed by atoms with Gasteiger partial charge in [0.25, 0.3) is 5.91 Å². The summed E-state index contributed by atoms with van der Waals surface area (Å²) >= 11 is 0. The summed E-state index contributed by atoms with van der Waals surface area (Å²) in [5, 5.41) is 11.0. The molecule has 0 radical (unpaired) electrons. The lowest BCUT2D eigenvalue weighted by molar-refractivity contribution is -0.121. The molecule has 2 amide bonds. The van der Waals surface area contributed by atoms with Crippen LogP contribution in [0.1, 0.15) is 63.0 Å². The van der Waals surface area contributed by atoms with Crippen molar-refractivity contribution in [2.45, 2.75) is 65.5 Å². The van der Waals surface area contributed by atoms with E-state index in [0.717, 1.165) is 30.5 Å². The summed E-state index contributed by atoms with van der Waals surface area (Å²) < 4.78 is 13.1. The molecular formula is C33H44N4O4. The van der Waals surface area contributed by atoms with Gasteiger partial charge in [0.05, 0.1) is 31.0 Å². The number of nitrogens with zero attached hydrogens (tertiary/aromatic N) is 2. The summed E-state index contributed by atoms with van der Waals surface area (Å²) in [6.45, 7) is 9.72. The lowest BCUT2D eigenvalue weighted by atomic mass is 10.0. The van der Waals surface area contributed by atoms with Gasteiger partial charge in [-0.05, 0) is 60.8 Å². The Kier molecular flexibility index (Phi) is 9.73. The number of nitrogens with one attached hydrogen (secondary N) is 2. The minimum absolute atomic E-state index is 0.0358. The smallest absolute Gasteiger partial charge is 0.272 e. The molecule has 0 bridgehead atoms. The number of benzene rings is 2. The molecule has 1 aliphatic rings. The molecule has 0 saturated heterocycles. The number of carbonyl (C=O) groups is 2. The van der Waals surface area contributed by atoms with Crippen molar-refractivity contribution in [2.24, 2.45) is 17.8 Å². The largest absolute Gasteiger partial charge is 0.496 e. The number of hydrogen-bond acceptors (Lipinski definition) is 5. The van der Waals surface area contributed by atoms with E-state index in [1.165, 1.54) is 5.56 Å². The molecule has 2 atom stereocenters. The van der Waals surface area contributed by atoms with Crippen LogP contribution in [0.3, 0.4) is 0 Å². The number of methoxy groups -OCH3 is 2. The Morgan fingerprint density at radius 2 is 1.71 bits per heavy atom. The molecule has 1 fully saturated rings. The van der Waals surface area contributed by atoms with Crippen molar-refractivity contribution in [3.8, 4) is 22.8 Å². The van der Waals surface area contributed by atoms with Gasteiger partial charge in [-0.25, -0.2) is 0 Å². The maximum atomic E-state index is 13.7. The van der Waals surface area contributed by atoms with Crippen LogP contribution in [-0.2, 0) is 17.8 Å². The first-order valence-electron chi connectivity index (χ1n) is 14.6. The average molecular weight is 561 g/mol. The van der Waals surface area contributed by atoms with E-state index in [1.807, 2.05) is 41.1 Å². The summed E-state index contributed by atoms with van der Waals surface area (Å²) in [5.41, 5.74) is 2.50. The molecule has 2 N–H and O–H groups in total. The van der Waals surface area contributed by atoms with Gasteiger partial charge in [-0.15, -0.1) is 0 Å². The lowest BCUT2D eigenvalue weighted by Gasteiger charge is -2.20. The summed E-state index contributed by atoms with van der Waals surface area (Å²) in [5.74, 6) is 1.85. The molecule has 1 heterocycles. The maximum Gasteiger partial charge on any atom is 0.272 e. The van der Waals surface area contributed by atoms with Gasteiger partial charge in [-0.2, -0.15) is 5.10 Å². The van der Waals surface area contributed by atoms with Gasteiger partial charge in [-0.3, -0.25) is 14.3 Å². The number of hydrogen-bond donors (Lipinski definition) is 2. The van der Waals surface area contributed by atoms with Gasteiger partial charge < -0.3 is 20.1 Å². The number of amides is 2. The van der Waals surface area contributed by atoms with Gasteiger partial charge in [-0.1, -0.05) is 64.1 Å². The normalized spacial score (nSPS) is 17.9. The molecule has 1 unspecified atom stereocenters. The van der Waals surface area contributed by atoms with Crippen LogP contribution < -0.4 is 20.1 Å². The van der Waals surface area contributed by atoms with Crippen LogP contribution in [0.25, 0.3) is 11.3 Å². The predicted octanol–water partition coefficient (Wildman–Crippen LogP) is 5.51. The van der Waals surface area contributed by atoms with Gasteiger partial charge >= 0.3 is 0 Å². The molecule has 1 aromatic heterocycles. The van der Waals surface area contributed by atoms with Crippen molar-refractivity contribution in [2.75, 3.05) is 20.8 Å². The molecule has 1 aliphatic carbocycles. The molecule has 4 rings (SSSR count). The SMILES string of the molecule is COc1cccc(OC)c1-c1cc(C(=O)N[C@]2(CC(=O)NCCCc3ccccc3)CC2C(C)C)nn1CC(C)C. The van der Waals surface area contributed by atoms with Crippen molar-refractivity contribution in [1.29, 1.82) is 0 Å². The van der Waals surface area contributed by atoms with E-state index in [0.29, 0.717) is 42.1 Å². The monoisotopic (exact) mass is 560 g/mol. The molecule has 8 heteroatoms. The Labute approximate surface area is 243 Å². The fraction of sp³-hybridized carbons (Fsp3) is 0.485. The topological polar surface area (TPSA) is 94.5 Å². The van der Waals surface area contributed by atoms with E-state index in [1.54, 1.807) is 20.3 Å². The summed E-state index contributed by atoms with van der Waals surface area (Å²) in [7, 11) is 3.23. The first kappa shape index (κ1) is 30.2. The number of carbonyl (C=O) groups excluding carboxylic acids is 2. The minimum Gasteiger partial charge on any atom is -0.496 e. The zero-order valence-corrected chi connectivity index (χ0v) is 25.2. The summed E-state index contributed by atoms with van der Waals surface area (Å²) in [4.78, 5) is 26.7. The second-order valence-corrected chi connectivity index (χ2v) is 11.8. The number of aryl methyl sites for hydroxylation is 1. The van der Waals surface area contributed by atoms with E-state index >= 15 is 0 Å². The van der Waals surface area contributed by atoms with Crippen LogP contribution in [0.4, 0.5) is 0 Å². The van der Waals surface area contributed by atoms with E-state index in [9.17, 15) is 9.59 Å². The van der Waals surface area contributed by atoms with Crippen molar-refractivity contribution in [1.82, 2.24) is 20.4 Å². The summed E-state index contributed by atoms with van der Waals surface area (Å²) in [6, 6.07) is 17.7. The highest BCUT2D eigenvalue weighted by atomic mass is 16.5. The van der Waals surface area contributed by atoms with Gasteiger partial charge in [0, 0.05) is 19.5 Å². The molecule has 0 spiro atoms. The second kappa shape index (κ2) is 13.2. The Bertz CT molecular complexity index is 1310. The van der Waals surface area contributed by atoms with Crippen molar-refractivity contribution >= 4 is 11.8 Å². The molecule has 41 heavy (non-hydrogen) atoms. The fourth-order valence-electron chi connectivity index (χ4n) is 5.72. The van der Waals surface area contributed by atoms with Crippen LogP contribution >= 0.6 is 0 Å². The van der Waals surface area contributed by atoms with Crippen LogP contribution in [0.2, 0.25) is 0 Å². The Hall–Kier alpha value is -3.81. The van der Waals surface area contributed by atoms with E-state index in [4.69, 9.17) is 14.6 Å². The highest BCUT2D eigenvalue weighted by molar-refractivity contribution is 5.95. The average Bonchev–Trinajstić information content (AvgIpc) is 3.49. The van der Waals surface area contributed by atoms with Crippen LogP contribution in [-0.4, -0.2) is 47.9 Å². The van der Waals surface area contributed by atoms with Gasteiger partial charge in [0.15, 0.2) is 5.69 Å². The highest BCUT2D eigenvalue weighted by Crippen LogP contribution is 2.51. The number of rotatable bonds is 14. The van der Waals surface area contributed by atoms with Crippen LogP contribution in [0, 0.1) is 17.8 Å². The quantitative estimate of drug-likeness (QED) is 0.254. The molecule has 1 saturated carbocycles. The minimum atomic E-state index is -0.571. The van der Waals surface area contributed by atoms with Crippen molar-refractivity contribution in [3.63, 3.8) is 0 Å². The third-order valence-corrected chi connectivity index (χ3v) is 7.82. The maximum absolute atomic E-state index is 13.7. The third kappa shape index (κ3) is 7.29. The number of aromatic nitrogens is 2. The van der Waals surface area contributed by atoms with E-state index in [-0.39, 0.29) is 24.2 Å². The van der Waals surface area contributed by atoms with Gasteiger partial charge in [0.1, 0.15) is 11.5 Å². The molecule has 220 valence electrons. The van der Waals surface area contributed by atoms with E-state index < -0.39 is 5.54 Å². The van der Waals surface area contributed by atoms with Crippen LogP contribution in [0.5, 0.6) is 11.5 Å². The molecule has 8 nitrogen and oxygen atoms in total. The van der Waals surface area contributed by atoms with E-state index in [2.05, 4.69) is 50.5 Å². The first-order valence-corrected chi connectivity index (χ1v) is 14.6. The Morgan fingerprint density at radius 1 is 1.02 bits per heavy atom. The summed E-state index contributed by atoms with van der Waals surface area (Å²) in [6.07, 6.45) is 2.81. The lowest BCUT2D eigenvalue weighted by Crippen LogP contribution is -2.43. The molecule has 2 aromatic carbocycles. The standard InChI is InChI=1S/C33H44N4O4/c1-22(2)21-37-27(31-28(40-5)15-10-16-29(31)41-6)18-26(36-37)32(39)35-33(19-25(33)23(3)4)20-30(38)34-17-11-14-24-12-8-7-9-13-24/h7-10,12-13,15-16,18,22-23,25H,11,14,17,19-21H2,1-6H3,(H,34,38)(H,35,39)/t25?,33-/m0/s1. The molecule has 0 aliphatic heterocycles. The fourth-order valence-corrected chi connectivity index (χ4v) is 5.72. The van der Waals surface area contributed by atoms with Crippen molar-refractivity contribution in [3.05, 3.63) is 65.9 Å². The third-order valence-electron chi connectivity index (χ3n) is 7.82.